The summed E-state index contributed by atoms with van der Waals surface area (Å²) in [4.78, 5) is 17.1. The monoisotopic (exact) mass is 496 g/mol. The quantitative estimate of drug-likeness (QED) is 0.522. The highest BCUT2D eigenvalue weighted by Gasteiger charge is 2.32. The summed E-state index contributed by atoms with van der Waals surface area (Å²) < 4.78 is 16.9. The Morgan fingerprint density at radius 2 is 1.69 bits per heavy atom. The van der Waals surface area contributed by atoms with E-state index < -0.39 is 0 Å². The number of hydrogen-bond acceptors (Lipinski definition) is 3. The van der Waals surface area contributed by atoms with Crippen molar-refractivity contribution in [3.8, 4) is 0 Å². The number of carbonyl (C=O) groups is 1. The van der Waals surface area contributed by atoms with Crippen LogP contribution in [0, 0.1) is 17.7 Å². The Morgan fingerprint density at radius 3 is 2.33 bits per heavy atom. The van der Waals surface area contributed by atoms with Gasteiger partial charge in [0.2, 0.25) is 5.91 Å². The van der Waals surface area contributed by atoms with Crippen LogP contribution in [0.25, 0.3) is 10.9 Å². The zero-order valence-electron chi connectivity index (χ0n) is 22.6. The number of carbonyl (C=O) groups excluding carboxylic acids is 1. The summed E-state index contributed by atoms with van der Waals surface area (Å²) in [6.07, 6.45) is 10.1. The first-order valence-corrected chi connectivity index (χ1v) is 14.4. The highest BCUT2D eigenvalue weighted by Crippen LogP contribution is 2.38. The molecule has 1 saturated carbocycles. The number of halogens is 1. The van der Waals surface area contributed by atoms with Crippen molar-refractivity contribution < 1.29 is 9.18 Å². The topological polar surface area (TPSA) is 40.5 Å². The molecule has 0 unspecified atom stereocenters. The Kier molecular flexibility index (Phi) is 8.02. The zero-order chi connectivity index (χ0) is 25.2. The number of amides is 1. The highest BCUT2D eigenvalue weighted by molar-refractivity contribution is 5.86. The number of aromatic nitrogens is 1. The minimum atomic E-state index is -0.180. The molecular formula is C30H45FN4O. The fraction of sp³-hybridized carbons (Fsp3) is 0.700. The Morgan fingerprint density at radius 1 is 1.00 bits per heavy atom. The van der Waals surface area contributed by atoms with Crippen LogP contribution in [-0.2, 0) is 17.9 Å². The minimum absolute atomic E-state index is 0.0167. The van der Waals surface area contributed by atoms with E-state index >= 15 is 0 Å². The summed E-state index contributed by atoms with van der Waals surface area (Å²) in [6, 6.07) is 6.41. The van der Waals surface area contributed by atoms with Crippen LogP contribution < -0.4 is 5.32 Å². The van der Waals surface area contributed by atoms with Gasteiger partial charge in [-0.3, -0.25) is 9.69 Å². The Hall–Kier alpha value is -1.92. The third-order valence-electron chi connectivity index (χ3n) is 9.33. The largest absolute Gasteiger partial charge is 0.351 e. The Bertz CT molecular complexity index is 1040. The molecule has 2 saturated heterocycles. The molecule has 2 aliphatic heterocycles. The fourth-order valence-electron chi connectivity index (χ4n) is 7.21. The van der Waals surface area contributed by atoms with Gasteiger partial charge in [0.15, 0.2) is 0 Å². The van der Waals surface area contributed by atoms with Crippen molar-refractivity contribution in [3.63, 3.8) is 0 Å². The number of fused-ring (bicyclic) bond motifs is 1. The fourth-order valence-corrected chi connectivity index (χ4v) is 7.21. The lowest BCUT2D eigenvalue weighted by Gasteiger charge is -2.42. The minimum Gasteiger partial charge on any atom is -0.351 e. The molecule has 0 bridgehead atoms. The number of rotatable bonds is 7. The summed E-state index contributed by atoms with van der Waals surface area (Å²) >= 11 is 0. The van der Waals surface area contributed by atoms with E-state index in [4.69, 9.17) is 0 Å². The van der Waals surface area contributed by atoms with Crippen LogP contribution in [0.4, 0.5) is 4.39 Å². The second-order valence-electron chi connectivity index (χ2n) is 11.9. The Labute approximate surface area is 216 Å². The molecule has 1 N–H and O–H groups in total. The van der Waals surface area contributed by atoms with Crippen LogP contribution in [0.5, 0.6) is 0 Å². The molecule has 2 aromatic rings. The molecule has 3 aliphatic rings. The van der Waals surface area contributed by atoms with Gasteiger partial charge in [-0.2, -0.15) is 0 Å². The molecule has 5 nitrogen and oxygen atoms in total. The molecule has 36 heavy (non-hydrogen) atoms. The molecule has 1 aromatic carbocycles. The van der Waals surface area contributed by atoms with E-state index in [1.54, 1.807) is 19.1 Å². The first kappa shape index (κ1) is 25.7. The van der Waals surface area contributed by atoms with Crippen molar-refractivity contribution >= 4 is 16.8 Å². The Balaban J connectivity index is 1.39. The SMILES string of the molecule is CC(=O)NCc1c(CN2CCCC2)c2cc(F)ccc2n1C1CCN(C2CCC(C(C)C)CC2)CC1. The average molecular weight is 497 g/mol. The number of likely N-dealkylation sites (tertiary alicyclic amines) is 2. The number of hydrogen-bond donors (Lipinski definition) is 1. The third-order valence-corrected chi connectivity index (χ3v) is 9.33. The van der Waals surface area contributed by atoms with E-state index in [-0.39, 0.29) is 11.7 Å². The number of nitrogens with zero attached hydrogens (tertiary/aromatic N) is 3. The van der Waals surface area contributed by atoms with Crippen LogP contribution in [0.15, 0.2) is 18.2 Å². The van der Waals surface area contributed by atoms with Crippen LogP contribution in [0.1, 0.15) is 89.4 Å². The van der Waals surface area contributed by atoms with Gasteiger partial charge in [-0.1, -0.05) is 13.8 Å². The maximum absolute atomic E-state index is 14.5. The summed E-state index contributed by atoms with van der Waals surface area (Å²) in [5.74, 6) is 1.51. The molecule has 0 atom stereocenters. The smallest absolute Gasteiger partial charge is 0.217 e. The van der Waals surface area contributed by atoms with Crippen LogP contribution >= 0.6 is 0 Å². The van der Waals surface area contributed by atoms with Gasteiger partial charge in [-0.15, -0.1) is 0 Å². The van der Waals surface area contributed by atoms with Gasteiger partial charge >= 0.3 is 0 Å². The molecule has 1 aliphatic carbocycles. The van der Waals surface area contributed by atoms with E-state index in [0.717, 1.165) is 74.3 Å². The normalized spacial score (nSPS) is 24.7. The van der Waals surface area contributed by atoms with Gasteiger partial charge in [0.1, 0.15) is 5.82 Å². The molecule has 0 radical (unpaired) electrons. The van der Waals surface area contributed by atoms with Crippen molar-refractivity contribution in [2.45, 2.75) is 97.3 Å². The number of nitrogens with one attached hydrogen (secondary N) is 1. The number of benzene rings is 1. The molecule has 0 spiro atoms. The molecule has 3 fully saturated rings. The number of piperidine rings is 1. The summed E-state index contributed by atoms with van der Waals surface area (Å²) in [6.45, 7) is 12.1. The molecule has 5 rings (SSSR count). The lowest BCUT2D eigenvalue weighted by Crippen LogP contribution is -2.44. The zero-order valence-corrected chi connectivity index (χ0v) is 22.6. The van der Waals surface area contributed by atoms with Gasteiger partial charge < -0.3 is 14.8 Å². The summed E-state index contributed by atoms with van der Waals surface area (Å²) in [5.41, 5.74) is 3.50. The van der Waals surface area contributed by atoms with E-state index in [2.05, 4.69) is 33.5 Å². The first-order valence-electron chi connectivity index (χ1n) is 14.4. The van der Waals surface area contributed by atoms with Gasteiger partial charge in [0.25, 0.3) is 0 Å². The molecule has 1 aromatic heterocycles. The van der Waals surface area contributed by atoms with Gasteiger partial charge in [-0.25, -0.2) is 4.39 Å². The van der Waals surface area contributed by atoms with Crippen molar-refractivity contribution in [2.24, 2.45) is 11.8 Å². The maximum atomic E-state index is 14.5. The van der Waals surface area contributed by atoms with E-state index in [1.807, 2.05) is 6.07 Å². The van der Waals surface area contributed by atoms with E-state index in [0.29, 0.717) is 12.6 Å². The summed E-state index contributed by atoms with van der Waals surface area (Å²) in [7, 11) is 0. The molecule has 198 valence electrons. The maximum Gasteiger partial charge on any atom is 0.217 e. The second kappa shape index (κ2) is 11.2. The summed E-state index contributed by atoms with van der Waals surface area (Å²) in [5, 5.41) is 4.10. The third kappa shape index (κ3) is 5.50. The molecule has 1 amide bonds. The van der Waals surface area contributed by atoms with Crippen molar-refractivity contribution in [2.75, 3.05) is 26.2 Å². The molecular weight excluding hydrogens is 451 g/mol. The van der Waals surface area contributed by atoms with Crippen molar-refractivity contribution in [1.29, 1.82) is 0 Å². The molecule has 3 heterocycles. The lowest BCUT2D eigenvalue weighted by atomic mass is 9.79. The predicted molar refractivity (Wildman–Crippen MR) is 144 cm³/mol. The standard InChI is InChI=1S/C30H45FN4O/c1-21(2)23-6-9-25(10-7-23)34-16-12-26(13-17-34)35-29-11-8-24(31)18-27(29)28(20-33-14-4-5-15-33)30(35)19-32-22(3)36/h8,11,18,21,23,25-26H,4-7,9-10,12-17,19-20H2,1-3H3,(H,32,36). The highest BCUT2D eigenvalue weighted by atomic mass is 19.1. The lowest BCUT2D eigenvalue weighted by molar-refractivity contribution is -0.119. The van der Waals surface area contributed by atoms with E-state index in [1.165, 1.54) is 49.8 Å². The van der Waals surface area contributed by atoms with Crippen molar-refractivity contribution in [3.05, 3.63) is 35.3 Å². The van der Waals surface area contributed by atoms with Crippen molar-refractivity contribution in [1.82, 2.24) is 19.7 Å². The predicted octanol–water partition coefficient (Wildman–Crippen LogP) is 5.86. The van der Waals surface area contributed by atoms with Crippen LogP contribution in [0.3, 0.4) is 0 Å². The molecule has 6 heteroatoms. The van der Waals surface area contributed by atoms with Crippen LogP contribution in [0.2, 0.25) is 0 Å². The second-order valence-corrected chi connectivity index (χ2v) is 11.9. The van der Waals surface area contributed by atoms with Crippen LogP contribution in [-0.4, -0.2) is 52.5 Å². The van der Waals surface area contributed by atoms with E-state index in [9.17, 15) is 9.18 Å². The van der Waals surface area contributed by atoms with Gasteiger partial charge in [-0.05, 0) is 100 Å². The first-order chi connectivity index (χ1) is 17.4. The van der Waals surface area contributed by atoms with Gasteiger partial charge in [0.05, 0.1) is 6.54 Å². The average Bonchev–Trinajstić information content (AvgIpc) is 3.49. The van der Waals surface area contributed by atoms with Gasteiger partial charge in [0, 0.05) is 55.2 Å².